The van der Waals surface area contributed by atoms with Crippen molar-refractivity contribution in [1.29, 1.82) is 0 Å². The third kappa shape index (κ3) is 2.66. The molecule has 0 bridgehead atoms. The smallest absolute Gasteiger partial charge is 0.0513 e. The van der Waals surface area contributed by atoms with Crippen molar-refractivity contribution in [2.75, 3.05) is 11.4 Å². The van der Waals surface area contributed by atoms with Gasteiger partial charge in [0.15, 0.2) is 0 Å². The van der Waals surface area contributed by atoms with Crippen molar-refractivity contribution in [3.63, 3.8) is 0 Å². The Morgan fingerprint density at radius 2 is 2.12 bits per heavy atom. The molecule has 1 aromatic rings. The molecule has 0 radical (unpaired) electrons. The summed E-state index contributed by atoms with van der Waals surface area (Å²) in [6, 6.07) is 7.20. The summed E-state index contributed by atoms with van der Waals surface area (Å²) < 4.78 is 1.16. The highest BCUT2D eigenvalue weighted by Gasteiger charge is 2.27. The molecule has 1 aliphatic heterocycles. The van der Waals surface area contributed by atoms with E-state index in [0.717, 1.165) is 16.9 Å². The molecule has 1 aromatic carbocycles. The van der Waals surface area contributed by atoms with Gasteiger partial charge in [-0.15, -0.1) is 0 Å². The number of benzene rings is 1. The number of rotatable bonds is 2. The highest BCUT2D eigenvalue weighted by Crippen LogP contribution is 2.35. The molecule has 2 unspecified atom stereocenters. The van der Waals surface area contributed by atoms with Crippen LogP contribution in [0.25, 0.3) is 0 Å². The van der Waals surface area contributed by atoms with Crippen molar-refractivity contribution in [3.05, 3.63) is 28.2 Å². The molecule has 2 rings (SSSR count). The van der Waals surface area contributed by atoms with E-state index in [2.05, 4.69) is 52.9 Å². The lowest BCUT2D eigenvalue weighted by Gasteiger charge is -2.25. The summed E-state index contributed by atoms with van der Waals surface area (Å²) in [6.07, 6.45) is 1.28. The third-order valence-electron chi connectivity index (χ3n) is 3.59. The Bertz CT molecular complexity index is 403. The zero-order valence-electron chi connectivity index (χ0n) is 10.8. The molecular weight excluding hydrogens is 276 g/mol. The van der Waals surface area contributed by atoms with Crippen LogP contribution in [0.1, 0.15) is 38.8 Å². The van der Waals surface area contributed by atoms with E-state index in [1.807, 2.05) is 6.92 Å². The van der Waals surface area contributed by atoms with Crippen LogP contribution in [0.3, 0.4) is 0 Å². The Labute approximate surface area is 112 Å². The summed E-state index contributed by atoms with van der Waals surface area (Å²) in [5, 5.41) is 0. The summed E-state index contributed by atoms with van der Waals surface area (Å²) in [7, 11) is 0. The number of nitrogens with zero attached hydrogens (tertiary/aromatic N) is 1. The van der Waals surface area contributed by atoms with Crippen LogP contribution in [0, 0.1) is 5.92 Å². The molecule has 17 heavy (non-hydrogen) atoms. The molecule has 2 nitrogen and oxygen atoms in total. The van der Waals surface area contributed by atoms with Gasteiger partial charge in [-0.05, 0) is 59.8 Å². The molecule has 1 fully saturated rings. The Hall–Kier alpha value is -0.540. The lowest BCUT2D eigenvalue weighted by atomic mass is 10.1. The Balaban J connectivity index is 2.28. The van der Waals surface area contributed by atoms with Gasteiger partial charge in [0.05, 0.1) is 5.69 Å². The number of halogens is 1. The van der Waals surface area contributed by atoms with E-state index in [9.17, 15) is 0 Å². The minimum Gasteiger partial charge on any atom is -0.368 e. The maximum atomic E-state index is 5.90. The molecule has 3 atom stereocenters. The van der Waals surface area contributed by atoms with Crippen LogP contribution in [0.2, 0.25) is 0 Å². The van der Waals surface area contributed by atoms with E-state index in [0.29, 0.717) is 6.04 Å². The molecule has 3 heteroatoms. The fourth-order valence-corrected chi connectivity index (χ4v) is 3.30. The van der Waals surface area contributed by atoms with Crippen LogP contribution in [0.4, 0.5) is 5.69 Å². The normalized spacial score (nSPS) is 26.3. The van der Waals surface area contributed by atoms with Crippen LogP contribution in [0.5, 0.6) is 0 Å². The van der Waals surface area contributed by atoms with Crippen molar-refractivity contribution in [1.82, 2.24) is 0 Å². The molecule has 1 aliphatic rings. The molecular formula is C14H21BrN2. The second kappa shape index (κ2) is 4.99. The highest BCUT2D eigenvalue weighted by molar-refractivity contribution is 9.10. The van der Waals surface area contributed by atoms with Crippen molar-refractivity contribution in [2.45, 2.75) is 39.3 Å². The first kappa shape index (κ1) is 12.9. The molecule has 94 valence electrons. The van der Waals surface area contributed by atoms with Crippen LogP contribution >= 0.6 is 15.9 Å². The van der Waals surface area contributed by atoms with Crippen molar-refractivity contribution in [2.24, 2.45) is 11.7 Å². The van der Waals surface area contributed by atoms with E-state index in [1.54, 1.807) is 0 Å². The zero-order valence-corrected chi connectivity index (χ0v) is 12.4. The number of hydrogen-bond donors (Lipinski definition) is 1. The van der Waals surface area contributed by atoms with Gasteiger partial charge in [0, 0.05) is 23.1 Å². The highest BCUT2D eigenvalue weighted by atomic mass is 79.9. The predicted molar refractivity (Wildman–Crippen MR) is 77.3 cm³/mol. The van der Waals surface area contributed by atoms with Crippen LogP contribution in [-0.4, -0.2) is 12.6 Å². The average Bonchev–Trinajstić information content (AvgIpc) is 2.57. The van der Waals surface area contributed by atoms with E-state index in [-0.39, 0.29) is 6.04 Å². The second-order valence-corrected chi connectivity index (χ2v) is 6.20. The van der Waals surface area contributed by atoms with Crippen LogP contribution < -0.4 is 10.6 Å². The van der Waals surface area contributed by atoms with Gasteiger partial charge in [-0.25, -0.2) is 0 Å². The van der Waals surface area contributed by atoms with Crippen molar-refractivity contribution < 1.29 is 0 Å². The molecule has 1 saturated heterocycles. The maximum Gasteiger partial charge on any atom is 0.0513 e. The minimum atomic E-state index is 0.0928. The molecule has 0 saturated carbocycles. The summed E-state index contributed by atoms with van der Waals surface area (Å²) in [4.78, 5) is 2.49. The molecule has 2 N–H and O–H groups in total. The second-order valence-electron chi connectivity index (χ2n) is 5.34. The fraction of sp³-hybridized carbons (Fsp3) is 0.571. The van der Waals surface area contributed by atoms with Crippen molar-refractivity contribution in [3.8, 4) is 0 Å². The van der Waals surface area contributed by atoms with E-state index < -0.39 is 0 Å². The van der Waals surface area contributed by atoms with Crippen molar-refractivity contribution >= 4 is 21.6 Å². The van der Waals surface area contributed by atoms with Crippen LogP contribution in [-0.2, 0) is 0 Å². The van der Waals surface area contributed by atoms with Gasteiger partial charge in [-0.3, -0.25) is 0 Å². The van der Waals surface area contributed by atoms with Gasteiger partial charge in [0.2, 0.25) is 0 Å². The molecule has 0 spiro atoms. The molecule has 0 aromatic heterocycles. The van der Waals surface area contributed by atoms with E-state index in [1.165, 1.54) is 17.7 Å². The van der Waals surface area contributed by atoms with Gasteiger partial charge in [-0.1, -0.05) is 13.0 Å². The lowest BCUT2D eigenvalue weighted by Crippen LogP contribution is -2.27. The predicted octanol–water partition coefficient (Wildman–Crippen LogP) is 3.70. The van der Waals surface area contributed by atoms with Gasteiger partial charge >= 0.3 is 0 Å². The fourth-order valence-electron chi connectivity index (χ4n) is 2.67. The number of nitrogens with two attached hydrogens (primary N) is 1. The van der Waals surface area contributed by atoms with E-state index >= 15 is 0 Å². The monoisotopic (exact) mass is 296 g/mol. The number of hydrogen-bond acceptors (Lipinski definition) is 2. The maximum absolute atomic E-state index is 5.90. The van der Waals surface area contributed by atoms with Gasteiger partial charge in [0.25, 0.3) is 0 Å². The Morgan fingerprint density at radius 3 is 2.59 bits per heavy atom. The first-order valence-electron chi connectivity index (χ1n) is 6.30. The van der Waals surface area contributed by atoms with Crippen LogP contribution in [0.15, 0.2) is 22.7 Å². The average molecular weight is 297 g/mol. The topological polar surface area (TPSA) is 29.3 Å². The number of anilines is 1. The Morgan fingerprint density at radius 1 is 1.41 bits per heavy atom. The minimum absolute atomic E-state index is 0.0928. The van der Waals surface area contributed by atoms with Gasteiger partial charge in [0.1, 0.15) is 0 Å². The zero-order chi connectivity index (χ0) is 12.6. The first-order valence-corrected chi connectivity index (χ1v) is 7.10. The quantitative estimate of drug-likeness (QED) is 0.902. The lowest BCUT2D eigenvalue weighted by molar-refractivity contribution is 0.625. The van der Waals surface area contributed by atoms with Gasteiger partial charge < -0.3 is 10.6 Å². The summed E-state index contributed by atoms with van der Waals surface area (Å²) in [5.74, 6) is 0.782. The Kier molecular flexibility index (Phi) is 3.79. The molecule has 0 aliphatic carbocycles. The SMILES string of the molecule is CC1CC(C)N(c2ccc([C@@H](C)N)cc2Br)C1. The molecule has 0 amide bonds. The third-order valence-corrected chi connectivity index (χ3v) is 4.23. The summed E-state index contributed by atoms with van der Waals surface area (Å²) in [6.45, 7) is 7.79. The summed E-state index contributed by atoms with van der Waals surface area (Å²) >= 11 is 3.68. The van der Waals surface area contributed by atoms with Gasteiger partial charge in [-0.2, -0.15) is 0 Å². The molecule has 1 heterocycles. The largest absolute Gasteiger partial charge is 0.368 e. The summed E-state index contributed by atoms with van der Waals surface area (Å²) in [5.41, 5.74) is 8.38. The first-order chi connectivity index (χ1) is 7.99. The standard InChI is InChI=1S/C14H21BrN2/c1-9-6-10(2)17(8-9)14-5-4-12(11(3)16)7-13(14)15/h4-5,7,9-11H,6,8,16H2,1-3H3/t9?,10?,11-/m1/s1. The van der Waals surface area contributed by atoms with E-state index in [4.69, 9.17) is 5.73 Å².